The Balaban J connectivity index is 2.09. The molecule has 0 amide bonds. The minimum atomic E-state index is -3.63. The lowest BCUT2D eigenvalue weighted by Gasteiger charge is -2.06. The third-order valence-electron chi connectivity index (χ3n) is 2.38. The van der Waals surface area contributed by atoms with Gasteiger partial charge in [-0.2, -0.15) is 0 Å². The fourth-order valence-electron chi connectivity index (χ4n) is 1.39. The van der Waals surface area contributed by atoms with E-state index in [0.717, 1.165) is 5.56 Å². The molecule has 1 aromatic carbocycles. The highest BCUT2D eigenvalue weighted by Gasteiger charge is 2.14. The first kappa shape index (κ1) is 13.4. The molecule has 0 aliphatic carbocycles. The Kier molecular flexibility index (Phi) is 4.05. The van der Waals surface area contributed by atoms with Crippen LogP contribution in [0.2, 0.25) is 0 Å². The molecule has 0 radical (unpaired) electrons. The van der Waals surface area contributed by atoms with Crippen LogP contribution < -0.4 is 16.0 Å². The van der Waals surface area contributed by atoms with Crippen LogP contribution in [-0.4, -0.2) is 18.4 Å². The number of hydrogen-bond acceptors (Lipinski definition) is 6. The number of nitrogens with two attached hydrogens (primary N) is 1. The lowest BCUT2D eigenvalue weighted by atomic mass is 10.2. The van der Waals surface area contributed by atoms with Crippen molar-refractivity contribution in [3.05, 3.63) is 48.3 Å². The van der Waals surface area contributed by atoms with Gasteiger partial charge in [-0.1, -0.05) is 30.3 Å². The van der Waals surface area contributed by atoms with Crippen molar-refractivity contribution in [1.82, 2.24) is 14.7 Å². The van der Waals surface area contributed by atoms with Gasteiger partial charge in [0.2, 0.25) is 16.0 Å². The average Bonchev–Trinajstić information content (AvgIpc) is 2.46. The molecule has 8 heteroatoms. The van der Waals surface area contributed by atoms with Crippen molar-refractivity contribution < 1.29 is 8.42 Å². The summed E-state index contributed by atoms with van der Waals surface area (Å²) in [5.41, 5.74) is 3.09. The molecular weight excluding hydrogens is 266 g/mol. The van der Waals surface area contributed by atoms with E-state index in [1.54, 1.807) is 0 Å². The smallest absolute Gasteiger partial charge is 0.243 e. The third kappa shape index (κ3) is 3.47. The molecule has 0 spiro atoms. The molecule has 0 bridgehead atoms. The number of hydrogen-bond donors (Lipinski definition) is 3. The Morgan fingerprint density at radius 1 is 1.11 bits per heavy atom. The maximum atomic E-state index is 12.0. The van der Waals surface area contributed by atoms with Crippen LogP contribution in [0, 0.1) is 0 Å². The second-order valence-corrected chi connectivity index (χ2v) is 5.46. The maximum Gasteiger partial charge on any atom is 0.243 e. The summed E-state index contributed by atoms with van der Waals surface area (Å²) in [6, 6.07) is 9.22. The molecule has 0 aliphatic rings. The zero-order chi connectivity index (χ0) is 13.7. The summed E-state index contributed by atoms with van der Waals surface area (Å²) in [6.45, 7) is 0.208. The maximum absolute atomic E-state index is 12.0. The van der Waals surface area contributed by atoms with Crippen molar-refractivity contribution in [2.75, 3.05) is 5.43 Å². The van der Waals surface area contributed by atoms with Gasteiger partial charge < -0.3 is 0 Å². The van der Waals surface area contributed by atoms with Crippen LogP contribution in [-0.2, 0) is 16.6 Å². The first-order valence-electron chi connectivity index (χ1n) is 5.44. The summed E-state index contributed by atoms with van der Waals surface area (Å²) in [6.07, 6.45) is 2.38. The highest BCUT2D eigenvalue weighted by Crippen LogP contribution is 2.08. The summed E-state index contributed by atoms with van der Waals surface area (Å²) in [5, 5.41) is 0. The van der Waals surface area contributed by atoms with E-state index >= 15 is 0 Å². The highest BCUT2D eigenvalue weighted by molar-refractivity contribution is 7.89. The number of nitrogens with one attached hydrogen (secondary N) is 2. The minimum Gasteiger partial charge on any atom is -0.292 e. The van der Waals surface area contributed by atoms with Gasteiger partial charge in [0.25, 0.3) is 0 Å². The summed E-state index contributed by atoms with van der Waals surface area (Å²) in [7, 11) is -3.63. The minimum absolute atomic E-state index is 0.0116. The normalized spacial score (nSPS) is 11.2. The average molecular weight is 279 g/mol. The van der Waals surface area contributed by atoms with Crippen LogP contribution in [0.25, 0.3) is 0 Å². The molecule has 0 aliphatic heterocycles. The van der Waals surface area contributed by atoms with Crippen molar-refractivity contribution in [3.8, 4) is 0 Å². The largest absolute Gasteiger partial charge is 0.292 e. The molecule has 0 saturated carbocycles. The summed E-state index contributed by atoms with van der Waals surface area (Å²) in [5.74, 6) is 5.26. The van der Waals surface area contributed by atoms with Crippen molar-refractivity contribution in [2.24, 2.45) is 5.84 Å². The van der Waals surface area contributed by atoms with E-state index in [0.29, 0.717) is 0 Å². The molecule has 19 heavy (non-hydrogen) atoms. The predicted octanol–water partition coefficient (Wildman–Crippen LogP) is 0.241. The molecule has 2 rings (SSSR count). The molecule has 7 nitrogen and oxygen atoms in total. The Hall–Kier alpha value is -2.03. The van der Waals surface area contributed by atoms with E-state index in [1.807, 2.05) is 30.3 Å². The fraction of sp³-hybridized carbons (Fsp3) is 0.0909. The molecule has 0 unspecified atom stereocenters. The van der Waals surface area contributed by atoms with Crippen molar-refractivity contribution in [3.63, 3.8) is 0 Å². The van der Waals surface area contributed by atoms with Crippen molar-refractivity contribution in [1.29, 1.82) is 0 Å². The second-order valence-electron chi connectivity index (χ2n) is 3.70. The van der Waals surface area contributed by atoms with E-state index in [2.05, 4.69) is 20.1 Å². The van der Waals surface area contributed by atoms with E-state index in [9.17, 15) is 8.42 Å². The lowest BCUT2D eigenvalue weighted by Crippen LogP contribution is -2.23. The summed E-state index contributed by atoms with van der Waals surface area (Å²) >= 11 is 0. The van der Waals surface area contributed by atoms with Crippen LogP contribution in [0.15, 0.2) is 47.6 Å². The molecule has 2 aromatic rings. The molecular formula is C11H13N5O2S. The number of sulfonamides is 1. The third-order valence-corrected chi connectivity index (χ3v) is 3.73. The molecule has 0 saturated heterocycles. The first-order valence-corrected chi connectivity index (χ1v) is 6.92. The Bertz CT molecular complexity index is 628. The molecule has 0 fully saturated rings. The molecule has 1 aromatic heterocycles. The number of benzene rings is 1. The van der Waals surface area contributed by atoms with Crippen LogP contribution in [0.3, 0.4) is 0 Å². The van der Waals surface area contributed by atoms with Gasteiger partial charge in [-0.15, -0.1) is 0 Å². The SMILES string of the molecule is NNc1ncc(S(=O)(=O)NCc2ccccc2)cn1. The number of aromatic nitrogens is 2. The number of rotatable bonds is 5. The van der Waals surface area contributed by atoms with Gasteiger partial charge in [-0.05, 0) is 5.56 Å². The van der Waals surface area contributed by atoms with E-state index < -0.39 is 10.0 Å². The van der Waals surface area contributed by atoms with E-state index in [-0.39, 0.29) is 17.4 Å². The first-order chi connectivity index (χ1) is 9.12. The standard InChI is InChI=1S/C11H13N5O2S/c12-16-11-13-7-10(8-14-11)19(17,18)15-6-9-4-2-1-3-5-9/h1-5,7-8,15H,6,12H2,(H,13,14,16). The Morgan fingerprint density at radius 2 is 1.74 bits per heavy atom. The van der Waals surface area contributed by atoms with Crippen molar-refractivity contribution in [2.45, 2.75) is 11.4 Å². The molecule has 1 heterocycles. The van der Waals surface area contributed by atoms with Gasteiger partial charge in [0.05, 0.1) is 12.4 Å². The number of nitrogen functional groups attached to an aromatic ring is 1. The van der Waals surface area contributed by atoms with Crippen molar-refractivity contribution >= 4 is 16.0 Å². The Labute approximate surface area is 110 Å². The van der Waals surface area contributed by atoms with Crippen LogP contribution in [0.5, 0.6) is 0 Å². The molecule has 0 atom stereocenters. The van der Waals surface area contributed by atoms with Gasteiger partial charge in [0.1, 0.15) is 4.90 Å². The number of nitrogens with zero attached hydrogens (tertiary/aromatic N) is 2. The molecule has 4 N–H and O–H groups in total. The van der Waals surface area contributed by atoms with Gasteiger partial charge >= 0.3 is 0 Å². The predicted molar refractivity (Wildman–Crippen MR) is 70.3 cm³/mol. The van der Waals surface area contributed by atoms with Crippen LogP contribution >= 0.6 is 0 Å². The fourth-order valence-corrected chi connectivity index (χ4v) is 2.29. The van der Waals surface area contributed by atoms with E-state index in [1.165, 1.54) is 12.4 Å². The lowest BCUT2D eigenvalue weighted by molar-refractivity contribution is 0.580. The zero-order valence-corrected chi connectivity index (χ0v) is 10.8. The topological polar surface area (TPSA) is 110 Å². The number of hydrazine groups is 1. The number of anilines is 1. The Morgan fingerprint density at radius 3 is 2.32 bits per heavy atom. The molecule has 100 valence electrons. The van der Waals surface area contributed by atoms with Gasteiger partial charge in [0, 0.05) is 6.54 Å². The monoisotopic (exact) mass is 279 g/mol. The summed E-state index contributed by atoms with van der Waals surface area (Å²) < 4.78 is 26.4. The summed E-state index contributed by atoms with van der Waals surface area (Å²) in [4.78, 5) is 7.49. The van der Waals surface area contributed by atoms with Gasteiger partial charge in [-0.3, -0.25) is 5.43 Å². The van der Waals surface area contributed by atoms with Crippen LogP contribution in [0.4, 0.5) is 5.95 Å². The van der Waals surface area contributed by atoms with Crippen LogP contribution in [0.1, 0.15) is 5.56 Å². The zero-order valence-electron chi connectivity index (χ0n) is 9.95. The van der Waals surface area contributed by atoms with Gasteiger partial charge in [-0.25, -0.2) is 29.0 Å². The quantitative estimate of drug-likeness (QED) is 0.534. The van der Waals surface area contributed by atoms with E-state index in [4.69, 9.17) is 5.84 Å². The second kappa shape index (κ2) is 5.74. The highest BCUT2D eigenvalue weighted by atomic mass is 32.2. The van der Waals surface area contributed by atoms with Gasteiger partial charge in [0.15, 0.2) is 0 Å².